The minimum Gasteiger partial charge on any atom is -0.325 e. The number of benzene rings is 2. The molecule has 0 aliphatic heterocycles. The Labute approximate surface area is 134 Å². The lowest BCUT2D eigenvalue weighted by Crippen LogP contribution is -2.14. The third-order valence-electron chi connectivity index (χ3n) is 2.99. The summed E-state index contributed by atoms with van der Waals surface area (Å²) in [6, 6.07) is 9.04. The molecule has 23 heavy (non-hydrogen) atoms. The van der Waals surface area contributed by atoms with Crippen LogP contribution in [0.15, 0.2) is 47.4 Å². The van der Waals surface area contributed by atoms with E-state index >= 15 is 0 Å². The van der Waals surface area contributed by atoms with Crippen molar-refractivity contribution in [2.75, 3.05) is 11.1 Å². The van der Waals surface area contributed by atoms with Crippen molar-refractivity contribution < 1.29 is 22.4 Å². The molecular weight excluding hydrogens is 330 g/mol. The van der Waals surface area contributed by atoms with Gasteiger partial charge in [0.25, 0.3) is 0 Å². The van der Waals surface area contributed by atoms with Crippen LogP contribution in [0.2, 0.25) is 0 Å². The van der Waals surface area contributed by atoms with Gasteiger partial charge in [-0.2, -0.15) is 13.2 Å². The van der Waals surface area contributed by atoms with Gasteiger partial charge in [-0.1, -0.05) is 12.1 Å². The number of amides is 1. The molecule has 0 aliphatic rings. The van der Waals surface area contributed by atoms with E-state index in [2.05, 4.69) is 5.32 Å². The van der Waals surface area contributed by atoms with Gasteiger partial charge >= 0.3 is 6.18 Å². The highest BCUT2D eigenvalue weighted by molar-refractivity contribution is 8.00. The summed E-state index contributed by atoms with van der Waals surface area (Å²) in [7, 11) is 0. The molecule has 0 bridgehead atoms. The van der Waals surface area contributed by atoms with Gasteiger partial charge in [-0.15, -0.1) is 11.8 Å². The van der Waals surface area contributed by atoms with Crippen LogP contribution in [0.4, 0.5) is 23.2 Å². The molecule has 0 atom stereocenters. The highest BCUT2D eigenvalue weighted by atomic mass is 32.2. The maximum atomic E-state index is 13.4. The third-order valence-corrected chi connectivity index (χ3v) is 3.98. The Kier molecular flexibility index (Phi) is 5.30. The minimum absolute atomic E-state index is 0.0726. The van der Waals surface area contributed by atoms with Crippen LogP contribution in [0.5, 0.6) is 0 Å². The molecule has 0 fully saturated rings. The van der Waals surface area contributed by atoms with Crippen LogP contribution < -0.4 is 5.32 Å². The summed E-state index contributed by atoms with van der Waals surface area (Å²) in [6.45, 7) is 1.60. The first-order valence-electron chi connectivity index (χ1n) is 6.62. The number of alkyl halides is 3. The largest absolute Gasteiger partial charge is 0.416 e. The van der Waals surface area contributed by atoms with Crippen molar-refractivity contribution in [3.8, 4) is 0 Å². The first-order valence-corrected chi connectivity index (χ1v) is 7.60. The number of rotatable bonds is 4. The normalized spacial score (nSPS) is 11.3. The molecule has 0 aliphatic carbocycles. The van der Waals surface area contributed by atoms with Gasteiger partial charge in [-0.3, -0.25) is 4.79 Å². The van der Waals surface area contributed by atoms with E-state index < -0.39 is 23.5 Å². The molecule has 0 radical (unpaired) electrons. The van der Waals surface area contributed by atoms with Gasteiger partial charge in [0.15, 0.2) is 0 Å². The number of anilines is 1. The predicted octanol–water partition coefficient (Wildman–Crippen LogP) is 4.88. The molecule has 0 heterocycles. The van der Waals surface area contributed by atoms with E-state index in [1.165, 1.54) is 24.3 Å². The highest BCUT2D eigenvalue weighted by Gasteiger charge is 2.30. The average Bonchev–Trinajstić information content (AvgIpc) is 2.48. The number of aryl methyl sites for hydroxylation is 1. The first-order chi connectivity index (χ1) is 10.8. The van der Waals surface area contributed by atoms with E-state index in [9.17, 15) is 22.4 Å². The van der Waals surface area contributed by atoms with Crippen LogP contribution in [-0.2, 0) is 11.0 Å². The Bertz CT molecular complexity index is 715. The molecule has 1 amide bonds. The Morgan fingerprint density at radius 1 is 1.17 bits per heavy atom. The number of halogens is 4. The van der Waals surface area contributed by atoms with E-state index in [-0.39, 0.29) is 5.75 Å². The van der Waals surface area contributed by atoms with Crippen LogP contribution in [-0.4, -0.2) is 11.7 Å². The zero-order valence-corrected chi connectivity index (χ0v) is 12.9. The summed E-state index contributed by atoms with van der Waals surface area (Å²) in [5.41, 5.74) is 0.00703. The summed E-state index contributed by atoms with van der Waals surface area (Å²) in [4.78, 5) is 12.1. The summed E-state index contributed by atoms with van der Waals surface area (Å²) in [5.74, 6) is -0.930. The molecule has 2 aromatic carbocycles. The lowest BCUT2D eigenvalue weighted by Gasteiger charge is -2.09. The van der Waals surface area contributed by atoms with Crippen LogP contribution in [0.25, 0.3) is 0 Å². The fourth-order valence-electron chi connectivity index (χ4n) is 1.78. The highest BCUT2D eigenvalue weighted by Crippen LogP contribution is 2.31. The number of carbonyl (C=O) groups is 1. The molecule has 0 saturated heterocycles. The van der Waals surface area contributed by atoms with Gasteiger partial charge in [-0.25, -0.2) is 4.39 Å². The second kappa shape index (κ2) is 7.04. The van der Waals surface area contributed by atoms with Crippen molar-refractivity contribution in [2.24, 2.45) is 0 Å². The molecule has 0 aromatic heterocycles. The Balaban J connectivity index is 1.95. The van der Waals surface area contributed by atoms with Gasteiger partial charge < -0.3 is 5.32 Å². The van der Waals surface area contributed by atoms with Gasteiger partial charge in [-0.05, 0) is 42.8 Å². The van der Waals surface area contributed by atoms with Crippen molar-refractivity contribution in [3.63, 3.8) is 0 Å². The lowest BCUT2D eigenvalue weighted by molar-refractivity contribution is -0.137. The predicted molar refractivity (Wildman–Crippen MR) is 81.9 cm³/mol. The molecule has 2 aromatic rings. The number of hydrogen-bond acceptors (Lipinski definition) is 2. The van der Waals surface area contributed by atoms with Crippen molar-refractivity contribution >= 4 is 23.4 Å². The van der Waals surface area contributed by atoms with E-state index in [0.29, 0.717) is 16.1 Å². The topological polar surface area (TPSA) is 29.1 Å². The van der Waals surface area contributed by atoms with Crippen LogP contribution >= 0.6 is 11.8 Å². The van der Waals surface area contributed by atoms with E-state index in [1.54, 1.807) is 13.0 Å². The van der Waals surface area contributed by atoms with Crippen LogP contribution in [0, 0.1) is 12.7 Å². The van der Waals surface area contributed by atoms with Crippen molar-refractivity contribution in [3.05, 3.63) is 59.4 Å². The standard InChI is InChI=1S/C16H13F4NOS/c1-10-5-6-12(8-14(10)17)21-15(22)9-23-13-4-2-3-11(7-13)16(18,19)20/h2-8H,9H2,1H3,(H,21,22). The summed E-state index contributed by atoms with van der Waals surface area (Å²) in [6.07, 6.45) is -4.42. The Hall–Kier alpha value is -2.02. The minimum atomic E-state index is -4.42. The van der Waals surface area contributed by atoms with Crippen molar-refractivity contribution in [1.82, 2.24) is 0 Å². The van der Waals surface area contributed by atoms with Crippen molar-refractivity contribution in [2.45, 2.75) is 18.0 Å². The molecule has 122 valence electrons. The maximum absolute atomic E-state index is 13.4. The van der Waals surface area contributed by atoms with Gasteiger partial charge in [0, 0.05) is 10.6 Å². The Morgan fingerprint density at radius 2 is 1.91 bits per heavy atom. The second-order valence-corrected chi connectivity index (χ2v) is 5.88. The third kappa shape index (κ3) is 4.99. The quantitative estimate of drug-likeness (QED) is 0.633. The Morgan fingerprint density at radius 3 is 2.57 bits per heavy atom. The van der Waals surface area contributed by atoms with Gasteiger partial charge in [0.05, 0.1) is 11.3 Å². The summed E-state index contributed by atoms with van der Waals surface area (Å²) >= 11 is 0.980. The van der Waals surface area contributed by atoms with Gasteiger partial charge in [0.2, 0.25) is 5.91 Å². The van der Waals surface area contributed by atoms with E-state index in [4.69, 9.17) is 0 Å². The zero-order valence-electron chi connectivity index (χ0n) is 12.1. The zero-order chi connectivity index (χ0) is 17.0. The molecular formula is C16H13F4NOS. The average molecular weight is 343 g/mol. The van der Waals surface area contributed by atoms with Crippen LogP contribution in [0.1, 0.15) is 11.1 Å². The number of carbonyl (C=O) groups excluding carboxylic acids is 1. The maximum Gasteiger partial charge on any atom is 0.416 e. The summed E-state index contributed by atoms with van der Waals surface area (Å²) in [5, 5.41) is 2.50. The van der Waals surface area contributed by atoms with Gasteiger partial charge in [0.1, 0.15) is 5.82 Å². The van der Waals surface area contributed by atoms with Crippen molar-refractivity contribution in [1.29, 1.82) is 0 Å². The fourth-order valence-corrected chi connectivity index (χ4v) is 2.53. The monoisotopic (exact) mass is 343 g/mol. The molecule has 2 nitrogen and oxygen atoms in total. The SMILES string of the molecule is Cc1ccc(NC(=O)CSc2cccc(C(F)(F)F)c2)cc1F. The molecule has 2 rings (SSSR count). The number of hydrogen-bond donors (Lipinski definition) is 1. The van der Waals surface area contributed by atoms with E-state index in [0.717, 1.165) is 23.9 Å². The number of nitrogens with one attached hydrogen (secondary N) is 1. The lowest BCUT2D eigenvalue weighted by atomic mass is 10.2. The molecule has 0 spiro atoms. The van der Waals surface area contributed by atoms with Crippen LogP contribution in [0.3, 0.4) is 0 Å². The molecule has 0 saturated carbocycles. The molecule has 0 unspecified atom stereocenters. The smallest absolute Gasteiger partial charge is 0.325 e. The first kappa shape index (κ1) is 17.3. The second-order valence-electron chi connectivity index (χ2n) is 4.83. The molecule has 1 N–H and O–H groups in total. The number of thioether (sulfide) groups is 1. The van der Waals surface area contributed by atoms with E-state index in [1.807, 2.05) is 0 Å². The summed E-state index contributed by atoms with van der Waals surface area (Å²) < 4.78 is 51.2. The fraction of sp³-hybridized carbons (Fsp3) is 0.188. The molecule has 7 heteroatoms.